The number of pyridine rings is 1. The van der Waals surface area contributed by atoms with Crippen molar-refractivity contribution in [3.8, 4) is 5.88 Å². The lowest BCUT2D eigenvalue weighted by Gasteiger charge is -2.22. The van der Waals surface area contributed by atoms with Gasteiger partial charge in [-0.05, 0) is 18.6 Å². The quantitative estimate of drug-likeness (QED) is 0.837. The van der Waals surface area contributed by atoms with Crippen molar-refractivity contribution in [1.82, 2.24) is 14.8 Å². The van der Waals surface area contributed by atoms with Gasteiger partial charge in [-0.3, -0.25) is 9.59 Å². The zero-order chi connectivity index (χ0) is 17.7. The standard InChI is InChI=1S/C15H18F3N3O3/c1-11(22)20-6-3-7-21(9-8-20)14(23)12-4-2-5-19-13(12)24-10-15(16,17)18/h2,4-5H,3,6-10H2,1H3. The molecule has 0 aromatic carbocycles. The van der Waals surface area contributed by atoms with Crippen molar-refractivity contribution in [2.45, 2.75) is 19.5 Å². The summed E-state index contributed by atoms with van der Waals surface area (Å²) in [7, 11) is 0. The van der Waals surface area contributed by atoms with E-state index in [1.807, 2.05) is 0 Å². The predicted molar refractivity (Wildman–Crippen MR) is 78.6 cm³/mol. The highest BCUT2D eigenvalue weighted by Gasteiger charge is 2.30. The molecule has 1 fully saturated rings. The van der Waals surface area contributed by atoms with Gasteiger partial charge in [0, 0.05) is 39.3 Å². The average Bonchev–Trinajstić information content (AvgIpc) is 2.78. The molecule has 1 aromatic rings. The van der Waals surface area contributed by atoms with Gasteiger partial charge in [0.15, 0.2) is 6.61 Å². The lowest BCUT2D eigenvalue weighted by molar-refractivity contribution is -0.154. The van der Waals surface area contributed by atoms with E-state index in [9.17, 15) is 22.8 Å². The van der Waals surface area contributed by atoms with Crippen molar-refractivity contribution in [2.75, 3.05) is 32.8 Å². The normalized spacial score (nSPS) is 15.8. The molecule has 0 bridgehead atoms. The Balaban J connectivity index is 2.10. The maximum absolute atomic E-state index is 12.6. The van der Waals surface area contributed by atoms with Crippen molar-refractivity contribution in [3.63, 3.8) is 0 Å². The molecule has 6 nitrogen and oxygen atoms in total. The van der Waals surface area contributed by atoms with E-state index in [1.54, 1.807) is 4.90 Å². The number of rotatable bonds is 3. The Morgan fingerprint density at radius 3 is 2.54 bits per heavy atom. The van der Waals surface area contributed by atoms with Crippen LogP contribution >= 0.6 is 0 Å². The van der Waals surface area contributed by atoms with Crippen LogP contribution in [0.3, 0.4) is 0 Å². The third kappa shape index (κ3) is 4.84. The highest BCUT2D eigenvalue weighted by atomic mass is 19.4. The summed E-state index contributed by atoms with van der Waals surface area (Å²) in [5, 5.41) is 0. The minimum atomic E-state index is -4.51. The number of amides is 2. The summed E-state index contributed by atoms with van der Waals surface area (Å²) in [4.78, 5) is 30.9. The van der Waals surface area contributed by atoms with Crippen molar-refractivity contribution in [2.24, 2.45) is 0 Å². The SMILES string of the molecule is CC(=O)N1CCCN(C(=O)c2cccnc2OCC(F)(F)F)CC1. The largest absolute Gasteiger partial charge is 0.467 e. The van der Waals surface area contributed by atoms with E-state index >= 15 is 0 Å². The van der Waals surface area contributed by atoms with E-state index in [1.165, 1.54) is 30.2 Å². The van der Waals surface area contributed by atoms with E-state index in [-0.39, 0.29) is 17.4 Å². The molecule has 132 valence electrons. The van der Waals surface area contributed by atoms with Crippen LogP contribution in [0.5, 0.6) is 5.88 Å². The number of aromatic nitrogens is 1. The molecule has 0 N–H and O–H groups in total. The average molecular weight is 345 g/mol. The molecule has 2 rings (SSSR count). The molecule has 24 heavy (non-hydrogen) atoms. The van der Waals surface area contributed by atoms with Gasteiger partial charge in [-0.25, -0.2) is 4.98 Å². The summed E-state index contributed by atoms with van der Waals surface area (Å²) in [5.74, 6) is -0.863. The summed E-state index contributed by atoms with van der Waals surface area (Å²) in [6, 6.07) is 2.85. The van der Waals surface area contributed by atoms with Crippen LogP contribution in [-0.4, -0.2) is 65.6 Å². The first kappa shape index (κ1) is 18.0. The van der Waals surface area contributed by atoms with Gasteiger partial charge in [-0.2, -0.15) is 13.2 Å². The molecule has 0 unspecified atom stereocenters. The van der Waals surface area contributed by atoms with Gasteiger partial charge in [0.1, 0.15) is 5.56 Å². The van der Waals surface area contributed by atoms with Crippen molar-refractivity contribution < 1.29 is 27.5 Å². The summed E-state index contributed by atoms with van der Waals surface area (Å²) < 4.78 is 41.6. The number of carbonyl (C=O) groups is 2. The third-order valence-corrected chi connectivity index (χ3v) is 3.60. The molecule has 0 spiro atoms. The second-order valence-corrected chi connectivity index (χ2v) is 5.41. The lowest BCUT2D eigenvalue weighted by atomic mass is 10.2. The number of alkyl halides is 3. The van der Waals surface area contributed by atoms with E-state index in [2.05, 4.69) is 9.72 Å². The molecular weight excluding hydrogens is 327 g/mol. The van der Waals surface area contributed by atoms with Gasteiger partial charge in [0.2, 0.25) is 11.8 Å². The number of hydrogen-bond donors (Lipinski definition) is 0. The molecule has 0 saturated carbocycles. The van der Waals surface area contributed by atoms with Crippen molar-refractivity contribution in [3.05, 3.63) is 23.9 Å². The first-order valence-electron chi connectivity index (χ1n) is 7.47. The van der Waals surface area contributed by atoms with Gasteiger partial charge in [-0.1, -0.05) is 0 Å². The van der Waals surface area contributed by atoms with Crippen LogP contribution in [0.25, 0.3) is 0 Å². The summed E-state index contributed by atoms with van der Waals surface area (Å²) in [6.45, 7) is 1.61. The number of hydrogen-bond acceptors (Lipinski definition) is 4. The first-order chi connectivity index (χ1) is 11.3. The van der Waals surface area contributed by atoms with Crippen LogP contribution in [-0.2, 0) is 4.79 Å². The van der Waals surface area contributed by atoms with Gasteiger partial charge >= 0.3 is 6.18 Å². The van der Waals surface area contributed by atoms with Gasteiger partial charge in [0.25, 0.3) is 5.91 Å². The fourth-order valence-electron chi connectivity index (χ4n) is 2.42. The predicted octanol–water partition coefficient (Wildman–Crippen LogP) is 1.72. The van der Waals surface area contributed by atoms with E-state index < -0.39 is 18.7 Å². The molecule has 1 aliphatic heterocycles. The van der Waals surface area contributed by atoms with Crippen molar-refractivity contribution >= 4 is 11.8 Å². The van der Waals surface area contributed by atoms with Crippen LogP contribution in [0.4, 0.5) is 13.2 Å². The highest BCUT2D eigenvalue weighted by molar-refractivity contribution is 5.96. The van der Waals surface area contributed by atoms with Crippen LogP contribution in [0.2, 0.25) is 0 Å². The molecular formula is C15H18F3N3O3. The second-order valence-electron chi connectivity index (χ2n) is 5.41. The first-order valence-corrected chi connectivity index (χ1v) is 7.47. The van der Waals surface area contributed by atoms with Crippen LogP contribution in [0.15, 0.2) is 18.3 Å². The maximum atomic E-state index is 12.6. The Kier molecular flexibility index (Phi) is 5.63. The second kappa shape index (κ2) is 7.50. The molecule has 0 aliphatic carbocycles. The van der Waals surface area contributed by atoms with Crippen LogP contribution in [0.1, 0.15) is 23.7 Å². The fourth-order valence-corrected chi connectivity index (χ4v) is 2.42. The molecule has 9 heteroatoms. The van der Waals surface area contributed by atoms with E-state index in [0.29, 0.717) is 32.6 Å². The smallest absolute Gasteiger partial charge is 0.422 e. The van der Waals surface area contributed by atoms with Gasteiger partial charge in [0.05, 0.1) is 0 Å². The Hall–Kier alpha value is -2.32. The van der Waals surface area contributed by atoms with E-state index in [0.717, 1.165) is 0 Å². The topological polar surface area (TPSA) is 62.7 Å². The summed E-state index contributed by atoms with van der Waals surface area (Å²) in [6.07, 6.45) is -2.64. The Labute approximate surface area is 137 Å². The lowest BCUT2D eigenvalue weighted by Crippen LogP contribution is -2.36. The molecule has 2 heterocycles. The summed E-state index contributed by atoms with van der Waals surface area (Å²) in [5.41, 5.74) is -0.0157. The molecule has 1 saturated heterocycles. The number of nitrogens with zero attached hydrogens (tertiary/aromatic N) is 3. The monoisotopic (exact) mass is 345 g/mol. The zero-order valence-electron chi connectivity index (χ0n) is 13.2. The van der Waals surface area contributed by atoms with Crippen molar-refractivity contribution in [1.29, 1.82) is 0 Å². The molecule has 1 aliphatic rings. The number of carbonyl (C=O) groups excluding carboxylic acids is 2. The van der Waals surface area contributed by atoms with Crippen LogP contribution < -0.4 is 4.74 Å². The maximum Gasteiger partial charge on any atom is 0.422 e. The van der Waals surface area contributed by atoms with Gasteiger partial charge < -0.3 is 14.5 Å². The number of halogens is 3. The summed E-state index contributed by atoms with van der Waals surface area (Å²) >= 11 is 0. The molecule has 0 radical (unpaired) electrons. The van der Waals surface area contributed by atoms with Crippen LogP contribution in [0, 0.1) is 0 Å². The zero-order valence-corrected chi connectivity index (χ0v) is 13.2. The van der Waals surface area contributed by atoms with E-state index in [4.69, 9.17) is 0 Å². The van der Waals surface area contributed by atoms with Gasteiger partial charge in [-0.15, -0.1) is 0 Å². The Bertz CT molecular complexity index is 607. The fraction of sp³-hybridized carbons (Fsp3) is 0.533. The minimum absolute atomic E-state index is 0.0157. The minimum Gasteiger partial charge on any atom is -0.467 e. The molecule has 2 amide bonds. The Morgan fingerprint density at radius 2 is 1.88 bits per heavy atom. The number of ether oxygens (including phenoxy) is 1. The Morgan fingerprint density at radius 1 is 1.21 bits per heavy atom. The molecule has 0 atom stereocenters. The highest BCUT2D eigenvalue weighted by Crippen LogP contribution is 2.21. The molecule has 1 aromatic heterocycles. The third-order valence-electron chi connectivity index (χ3n) is 3.60.